The van der Waals surface area contributed by atoms with E-state index in [1.54, 1.807) is 0 Å². The van der Waals surface area contributed by atoms with Crippen LogP contribution in [-0.2, 0) is 0 Å². The Kier molecular flexibility index (Phi) is 6.51. The molecular weight excluding hydrogens is 303 g/mol. The fourth-order valence-corrected chi connectivity index (χ4v) is 3.15. The molecule has 0 aromatic rings. The minimum atomic E-state index is -4.09. The Hall–Kier alpha value is 0.580. The van der Waals surface area contributed by atoms with E-state index in [-0.39, 0.29) is 17.5 Å². The first-order valence-corrected chi connectivity index (χ1v) is 7.64. The average molecular weight is 320 g/mol. The molecular formula is C10H17BrF3NS. The van der Waals surface area contributed by atoms with Crippen LogP contribution in [0.2, 0.25) is 0 Å². The summed E-state index contributed by atoms with van der Waals surface area (Å²) in [6.07, 6.45) is 4.72. The van der Waals surface area contributed by atoms with Crippen molar-refractivity contribution in [1.29, 1.82) is 0 Å². The average Bonchev–Trinajstić information content (AvgIpc) is 2.67. The van der Waals surface area contributed by atoms with Crippen LogP contribution in [0.3, 0.4) is 0 Å². The molecule has 1 fully saturated rings. The molecule has 96 valence electrons. The van der Waals surface area contributed by atoms with Crippen LogP contribution in [-0.4, -0.2) is 40.6 Å². The van der Waals surface area contributed by atoms with E-state index in [0.717, 1.165) is 24.7 Å². The lowest BCUT2D eigenvalue weighted by Crippen LogP contribution is -2.36. The molecule has 0 aliphatic heterocycles. The zero-order valence-electron chi connectivity index (χ0n) is 9.10. The standard InChI is InChI=1S/C10H17BrF3NS/c11-5-6-15(9-3-1-2-4-9)7-8-16-10(12,13)14/h9H,1-8H2. The highest BCUT2D eigenvalue weighted by molar-refractivity contribution is 9.09. The summed E-state index contributed by atoms with van der Waals surface area (Å²) >= 11 is 3.45. The van der Waals surface area contributed by atoms with Crippen molar-refractivity contribution in [3.63, 3.8) is 0 Å². The van der Waals surface area contributed by atoms with E-state index in [9.17, 15) is 13.2 Å². The number of hydrogen-bond acceptors (Lipinski definition) is 2. The number of alkyl halides is 4. The van der Waals surface area contributed by atoms with Gasteiger partial charge in [-0.25, -0.2) is 0 Å². The summed E-state index contributed by atoms with van der Waals surface area (Å²) in [5, 5.41) is 0.834. The van der Waals surface area contributed by atoms with Gasteiger partial charge in [-0.2, -0.15) is 13.2 Å². The third kappa shape index (κ3) is 5.77. The van der Waals surface area contributed by atoms with Crippen molar-refractivity contribution in [2.24, 2.45) is 0 Å². The van der Waals surface area contributed by atoms with E-state index < -0.39 is 5.51 Å². The summed E-state index contributed by atoms with van der Waals surface area (Å²) < 4.78 is 36.0. The number of nitrogens with zero attached hydrogens (tertiary/aromatic N) is 1. The van der Waals surface area contributed by atoms with Crippen LogP contribution >= 0.6 is 27.7 Å². The molecule has 1 saturated carbocycles. The summed E-state index contributed by atoms with van der Waals surface area (Å²) in [6.45, 7) is 1.39. The molecule has 1 rings (SSSR count). The molecule has 0 unspecified atom stereocenters. The van der Waals surface area contributed by atoms with E-state index in [1.807, 2.05) is 0 Å². The van der Waals surface area contributed by atoms with E-state index >= 15 is 0 Å². The summed E-state index contributed by atoms with van der Waals surface area (Å²) in [7, 11) is 0. The Labute approximate surface area is 107 Å². The molecule has 6 heteroatoms. The van der Waals surface area contributed by atoms with Crippen LogP contribution < -0.4 is 0 Å². The molecule has 1 nitrogen and oxygen atoms in total. The van der Waals surface area contributed by atoms with Gasteiger partial charge in [-0.3, -0.25) is 4.90 Å². The molecule has 0 radical (unpaired) electrons. The highest BCUT2D eigenvalue weighted by atomic mass is 79.9. The second-order valence-electron chi connectivity index (χ2n) is 3.96. The van der Waals surface area contributed by atoms with Crippen molar-refractivity contribution in [2.45, 2.75) is 37.2 Å². The third-order valence-corrected chi connectivity index (χ3v) is 3.93. The summed E-state index contributed by atoms with van der Waals surface area (Å²) in [5.41, 5.74) is -4.09. The number of halogens is 4. The maximum Gasteiger partial charge on any atom is 0.441 e. The van der Waals surface area contributed by atoms with Crippen molar-refractivity contribution in [1.82, 2.24) is 4.90 Å². The van der Waals surface area contributed by atoms with Gasteiger partial charge in [0, 0.05) is 30.2 Å². The van der Waals surface area contributed by atoms with Crippen LogP contribution in [0, 0.1) is 0 Å². The van der Waals surface area contributed by atoms with Crippen molar-refractivity contribution in [3.8, 4) is 0 Å². The SMILES string of the molecule is FC(F)(F)SCCN(CCBr)C1CCCC1. The van der Waals surface area contributed by atoms with Gasteiger partial charge in [0.15, 0.2) is 0 Å². The lowest BCUT2D eigenvalue weighted by molar-refractivity contribution is -0.0329. The first-order valence-electron chi connectivity index (χ1n) is 5.53. The maximum atomic E-state index is 12.0. The largest absolute Gasteiger partial charge is 0.441 e. The molecule has 16 heavy (non-hydrogen) atoms. The normalized spacial score (nSPS) is 18.6. The molecule has 1 aliphatic carbocycles. The van der Waals surface area contributed by atoms with Gasteiger partial charge >= 0.3 is 5.51 Å². The molecule has 0 N–H and O–H groups in total. The zero-order chi connectivity index (χ0) is 12.0. The number of hydrogen-bond donors (Lipinski definition) is 0. The smallest absolute Gasteiger partial charge is 0.299 e. The van der Waals surface area contributed by atoms with Gasteiger partial charge in [-0.05, 0) is 24.6 Å². The van der Waals surface area contributed by atoms with Crippen LogP contribution in [0.15, 0.2) is 0 Å². The van der Waals surface area contributed by atoms with Crippen molar-refractivity contribution < 1.29 is 13.2 Å². The van der Waals surface area contributed by atoms with Crippen LogP contribution in [0.4, 0.5) is 13.2 Å². The van der Waals surface area contributed by atoms with E-state index in [2.05, 4.69) is 20.8 Å². The molecule has 0 aromatic carbocycles. The van der Waals surface area contributed by atoms with Crippen LogP contribution in [0.1, 0.15) is 25.7 Å². The van der Waals surface area contributed by atoms with Crippen LogP contribution in [0.5, 0.6) is 0 Å². The first kappa shape index (κ1) is 14.6. The molecule has 0 atom stereocenters. The highest BCUT2D eigenvalue weighted by Crippen LogP contribution is 2.30. The van der Waals surface area contributed by atoms with Gasteiger partial charge in [0.1, 0.15) is 0 Å². The Morgan fingerprint density at radius 1 is 1.19 bits per heavy atom. The van der Waals surface area contributed by atoms with E-state index in [0.29, 0.717) is 12.6 Å². The predicted octanol–water partition coefficient (Wildman–Crippen LogP) is 3.88. The van der Waals surface area contributed by atoms with Gasteiger partial charge in [0.25, 0.3) is 0 Å². The van der Waals surface area contributed by atoms with E-state index in [4.69, 9.17) is 0 Å². The monoisotopic (exact) mass is 319 g/mol. The molecule has 0 saturated heterocycles. The van der Waals surface area contributed by atoms with Gasteiger partial charge in [-0.15, -0.1) is 0 Å². The molecule has 0 aromatic heterocycles. The van der Waals surface area contributed by atoms with Crippen molar-refractivity contribution in [3.05, 3.63) is 0 Å². The molecule has 0 amide bonds. The molecule has 1 aliphatic rings. The lowest BCUT2D eigenvalue weighted by Gasteiger charge is -2.28. The van der Waals surface area contributed by atoms with Gasteiger partial charge < -0.3 is 0 Å². The Bertz CT molecular complexity index is 195. The second-order valence-corrected chi connectivity index (χ2v) is 5.91. The first-order chi connectivity index (χ1) is 7.53. The topological polar surface area (TPSA) is 3.24 Å². The van der Waals surface area contributed by atoms with Gasteiger partial charge in [0.05, 0.1) is 0 Å². The summed E-state index contributed by atoms with van der Waals surface area (Å²) in [6, 6.07) is 0.506. The molecule has 0 spiro atoms. The maximum absolute atomic E-state index is 12.0. The van der Waals surface area contributed by atoms with E-state index in [1.165, 1.54) is 12.8 Å². The van der Waals surface area contributed by atoms with Gasteiger partial charge in [-0.1, -0.05) is 28.8 Å². The Balaban J connectivity index is 2.27. The highest BCUT2D eigenvalue weighted by Gasteiger charge is 2.29. The lowest BCUT2D eigenvalue weighted by atomic mass is 10.2. The quantitative estimate of drug-likeness (QED) is 0.683. The Morgan fingerprint density at radius 3 is 2.31 bits per heavy atom. The van der Waals surface area contributed by atoms with Crippen molar-refractivity contribution >= 4 is 27.7 Å². The number of thioether (sulfide) groups is 1. The minimum absolute atomic E-state index is 0.0896. The Morgan fingerprint density at radius 2 is 1.81 bits per heavy atom. The molecule has 0 heterocycles. The zero-order valence-corrected chi connectivity index (χ0v) is 11.5. The van der Waals surface area contributed by atoms with Crippen LogP contribution in [0.25, 0.3) is 0 Å². The third-order valence-electron chi connectivity index (χ3n) is 2.86. The summed E-state index contributed by atoms with van der Waals surface area (Å²) in [5.74, 6) is 0.146. The molecule has 0 bridgehead atoms. The predicted molar refractivity (Wildman–Crippen MR) is 66.1 cm³/mol. The fraction of sp³-hybridized carbons (Fsp3) is 1.00. The number of rotatable bonds is 6. The second kappa shape index (κ2) is 7.11. The minimum Gasteiger partial charge on any atom is -0.299 e. The fourth-order valence-electron chi connectivity index (χ4n) is 2.13. The van der Waals surface area contributed by atoms with Gasteiger partial charge in [0.2, 0.25) is 0 Å². The van der Waals surface area contributed by atoms with Crippen molar-refractivity contribution in [2.75, 3.05) is 24.2 Å². The summed E-state index contributed by atoms with van der Waals surface area (Å²) in [4.78, 5) is 2.19.